The maximum absolute atomic E-state index is 9.40. The van der Waals surface area contributed by atoms with E-state index in [1.165, 1.54) is 0 Å². The lowest BCUT2D eigenvalue weighted by Crippen LogP contribution is -2.32. The second kappa shape index (κ2) is 4.32. The van der Waals surface area contributed by atoms with Gasteiger partial charge in [0.2, 0.25) is 0 Å². The normalized spacial score (nSPS) is 14.1. The first-order chi connectivity index (χ1) is 5.04. The zero-order valence-corrected chi connectivity index (χ0v) is 7.04. The van der Waals surface area contributed by atoms with Gasteiger partial charge in [0.25, 0.3) is 0 Å². The lowest BCUT2D eigenvalue weighted by atomic mass is 9.85. The van der Waals surface area contributed by atoms with Crippen LogP contribution in [-0.2, 0) is 0 Å². The Balaban J connectivity index is 3.83. The molecule has 0 spiro atoms. The SMILES string of the molecule is CC(C)(CO)C(O)CCC#N. The summed E-state index contributed by atoms with van der Waals surface area (Å²) in [5.41, 5.74) is -0.489. The highest BCUT2D eigenvalue weighted by atomic mass is 16.3. The zero-order chi connectivity index (χ0) is 8.91. The Morgan fingerprint density at radius 2 is 2.09 bits per heavy atom. The third-order valence-electron chi connectivity index (χ3n) is 1.84. The Kier molecular flexibility index (Phi) is 4.09. The van der Waals surface area contributed by atoms with Crippen molar-refractivity contribution in [2.75, 3.05) is 6.61 Å². The molecule has 0 aromatic carbocycles. The van der Waals surface area contributed by atoms with Crippen molar-refractivity contribution >= 4 is 0 Å². The number of aliphatic hydroxyl groups excluding tert-OH is 2. The lowest BCUT2D eigenvalue weighted by Gasteiger charge is -2.27. The molecule has 0 saturated carbocycles. The third-order valence-corrected chi connectivity index (χ3v) is 1.84. The second-order valence-corrected chi connectivity index (χ2v) is 3.36. The fraction of sp³-hybridized carbons (Fsp3) is 0.875. The molecule has 0 aliphatic rings. The number of rotatable bonds is 4. The molecule has 0 aromatic rings. The Hall–Kier alpha value is -0.590. The maximum Gasteiger partial charge on any atom is 0.0622 e. The van der Waals surface area contributed by atoms with Gasteiger partial charge in [-0.1, -0.05) is 13.8 Å². The van der Waals surface area contributed by atoms with Gasteiger partial charge in [-0.05, 0) is 6.42 Å². The van der Waals surface area contributed by atoms with Gasteiger partial charge in [-0.2, -0.15) is 5.26 Å². The van der Waals surface area contributed by atoms with E-state index in [0.717, 1.165) is 0 Å². The molecule has 11 heavy (non-hydrogen) atoms. The first-order valence-electron chi connectivity index (χ1n) is 3.70. The van der Waals surface area contributed by atoms with Gasteiger partial charge < -0.3 is 10.2 Å². The molecular weight excluding hydrogens is 142 g/mol. The maximum atomic E-state index is 9.40. The molecule has 0 bridgehead atoms. The molecule has 0 saturated heterocycles. The molecule has 0 aliphatic carbocycles. The van der Waals surface area contributed by atoms with Gasteiger partial charge in [-0.25, -0.2) is 0 Å². The van der Waals surface area contributed by atoms with Gasteiger partial charge in [0.15, 0.2) is 0 Å². The average Bonchev–Trinajstić information content (AvgIpc) is 2.00. The first-order valence-corrected chi connectivity index (χ1v) is 3.70. The molecule has 0 aromatic heterocycles. The summed E-state index contributed by atoms with van der Waals surface area (Å²) in [7, 11) is 0. The molecule has 0 heterocycles. The van der Waals surface area contributed by atoms with Gasteiger partial charge in [-0.3, -0.25) is 0 Å². The Labute approximate surface area is 67.3 Å². The summed E-state index contributed by atoms with van der Waals surface area (Å²) >= 11 is 0. The Bertz CT molecular complexity index is 149. The van der Waals surface area contributed by atoms with Crippen LogP contribution in [-0.4, -0.2) is 22.9 Å². The minimum absolute atomic E-state index is 0.0560. The summed E-state index contributed by atoms with van der Waals surface area (Å²) in [5.74, 6) is 0. The van der Waals surface area contributed by atoms with Crippen molar-refractivity contribution in [2.24, 2.45) is 5.41 Å². The van der Waals surface area contributed by atoms with Crippen molar-refractivity contribution in [2.45, 2.75) is 32.8 Å². The standard InChI is InChI=1S/C8H15NO2/c1-8(2,6-10)7(11)4-3-5-9/h7,10-11H,3-4,6H2,1-2H3. The van der Waals surface area contributed by atoms with E-state index in [1.807, 2.05) is 6.07 Å². The van der Waals surface area contributed by atoms with Crippen molar-refractivity contribution in [3.63, 3.8) is 0 Å². The minimum Gasteiger partial charge on any atom is -0.396 e. The monoisotopic (exact) mass is 157 g/mol. The van der Waals surface area contributed by atoms with Crippen molar-refractivity contribution in [1.82, 2.24) is 0 Å². The minimum atomic E-state index is -0.591. The molecule has 0 rings (SSSR count). The topological polar surface area (TPSA) is 64.2 Å². The fourth-order valence-electron chi connectivity index (χ4n) is 0.697. The van der Waals surface area contributed by atoms with E-state index >= 15 is 0 Å². The largest absolute Gasteiger partial charge is 0.396 e. The number of nitriles is 1. The fourth-order valence-corrected chi connectivity index (χ4v) is 0.697. The van der Waals surface area contributed by atoms with Gasteiger partial charge >= 0.3 is 0 Å². The van der Waals surface area contributed by atoms with Crippen molar-refractivity contribution in [1.29, 1.82) is 5.26 Å². The van der Waals surface area contributed by atoms with Crippen LogP contribution in [0.2, 0.25) is 0 Å². The van der Waals surface area contributed by atoms with Crippen LogP contribution in [0.15, 0.2) is 0 Å². The molecule has 0 aliphatic heterocycles. The van der Waals surface area contributed by atoms with Crippen LogP contribution in [0.1, 0.15) is 26.7 Å². The summed E-state index contributed by atoms with van der Waals surface area (Å²) in [4.78, 5) is 0. The van der Waals surface area contributed by atoms with Crippen LogP contribution in [0.4, 0.5) is 0 Å². The first kappa shape index (κ1) is 10.4. The highest BCUT2D eigenvalue weighted by Gasteiger charge is 2.26. The van der Waals surface area contributed by atoms with E-state index in [2.05, 4.69) is 0 Å². The van der Waals surface area contributed by atoms with Gasteiger partial charge in [0.1, 0.15) is 0 Å². The smallest absolute Gasteiger partial charge is 0.0622 e. The quantitative estimate of drug-likeness (QED) is 0.630. The number of hydrogen-bond donors (Lipinski definition) is 2. The predicted molar refractivity (Wildman–Crippen MR) is 41.7 cm³/mol. The summed E-state index contributed by atoms with van der Waals surface area (Å²) in [6.07, 6.45) is 0.182. The number of hydrogen-bond acceptors (Lipinski definition) is 3. The Morgan fingerprint density at radius 3 is 2.45 bits per heavy atom. The van der Waals surface area contributed by atoms with Crippen molar-refractivity contribution < 1.29 is 10.2 Å². The van der Waals surface area contributed by atoms with E-state index in [4.69, 9.17) is 10.4 Å². The van der Waals surface area contributed by atoms with Crippen LogP contribution in [0.3, 0.4) is 0 Å². The van der Waals surface area contributed by atoms with E-state index < -0.39 is 11.5 Å². The zero-order valence-electron chi connectivity index (χ0n) is 7.04. The lowest BCUT2D eigenvalue weighted by molar-refractivity contribution is 0.00378. The van der Waals surface area contributed by atoms with Crippen LogP contribution in [0, 0.1) is 16.7 Å². The molecule has 3 nitrogen and oxygen atoms in total. The molecule has 64 valence electrons. The van der Waals surface area contributed by atoms with E-state index in [9.17, 15) is 5.11 Å². The van der Waals surface area contributed by atoms with E-state index in [0.29, 0.717) is 12.8 Å². The van der Waals surface area contributed by atoms with Crippen molar-refractivity contribution in [3.8, 4) is 6.07 Å². The highest BCUT2D eigenvalue weighted by Crippen LogP contribution is 2.22. The summed E-state index contributed by atoms with van der Waals surface area (Å²) < 4.78 is 0. The number of nitrogens with zero attached hydrogens (tertiary/aromatic N) is 1. The summed E-state index contributed by atoms with van der Waals surface area (Å²) in [6.45, 7) is 3.49. The van der Waals surface area contributed by atoms with Gasteiger partial charge in [0, 0.05) is 11.8 Å². The second-order valence-electron chi connectivity index (χ2n) is 3.36. The van der Waals surface area contributed by atoms with Crippen LogP contribution in [0.25, 0.3) is 0 Å². The molecule has 2 N–H and O–H groups in total. The third kappa shape index (κ3) is 3.35. The molecular formula is C8H15NO2. The summed E-state index contributed by atoms with van der Waals surface area (Å²) in [5, 5.41) is 26.4. The van der Waals surface area contributed by atoms with Crippen molar-refractivity contribution in [3.05, 3.63) is 0 Å². The van der Waals surface area contributed by atoms with E-state index in [-0.39, 0.29) is 6.61 Å². The average molecular weight is 157 g/mol. The molecule has 0 amide bonds. The molecule has 3 heteroatoms. The molecule has 0 radical (unpaired) electrons. The summed E-state index contributed by atoms with van der Waals surface area (Å²) in [6, 6.07) is 1.95. The van der Waals surface area contributed by atoms with E-state index in [1.54, 1.807) is 13.8 Å². The van der Waals surface area contributed by atoms with Crippen LogP contribution >= 0.6 is 0 Å². The highest BCUT2D eigenvalue weighted by molar-refractivity contribution is 4.80. The van der Waals surface area contributed by atoms with Crippen LogP contribution in [0.5, 0.6) is 0 Å². The van der Waals surface area contributed by atoms with Gasteiger partial charge in [0.05, 0.1) is 18.8 Å². The Morgan fingerprint density at radius 1 is 1.55 bits per heavy atom. The molecule has 1 atom stereocenters. The van der Waals surface area contributed by atoms with Crippen LogP contribution < -0.4 is 0 Å². The molecule has 0 fully saturated rings. The number of aliphatic hydroxyl groups is 2. The predicted octanol–water partition coefficient (Wildman–Crippen LogP) is 0.670. The molecule has 1 unspecified atom stereocenters. The van der Waals surface area contributed by atoms with Gasteiger partial charge in [-0.15, -0.1) is 0 Å².